The van der Waals surface area contributed by atoms with Crippen LogP contribution in [-0.2, 0) is 11.3 Å². The van der Waals surface area contributed by atoms with E-state index >= 15 is 0 Å². The van der Waals surface area contributed by atoms with Crippen LogP contribution in [0.1, 0.15) is 19.4 Å². The molecule has 1 atom stereocenters. The molecule has 0 aliphatic rings. The second-order valence-electron chi connectivity index (χ2n) is 5.15. The maximum absolute atomic E-state index is 11.5. The van der Waals surface area contributed by atoms with Crippen molar-refractivity contribution in [1.29, 1.82) is 0 Å². The van der Waals surface area contributed by atoms with E-state index in [0.717, 1.165) is 17.0 Å². The van der Waals surface area contributed by atoms with Crippen LogP contribution in [0.4, 0.5) is 0 Å². The molecule has 0 aliphatic heterocycles. The van der Waals surface area contributed by atoms with Crippen molar-refractivity contribution in [3.8, 4) is 5.75 Å². The molecule has 23 heavy (non-hydrogen) atoms. The molecular weight excluding hydrogens is 407 g/mol. The molecule has 0 heterocycles. The molecule has 0 saturated heterocycles. The Hall–Kier alpha value is -1.54. The zero-order chi connectivity index (χ0) is 17.6. The van der Waals surface area contributed by atoms with E-state index in [9.17, 15) is 9.90 Å². The summed E-state index contributed by atoms with van der Waals surface area (Å²) >= 11 is 2.05. The van der Waals surface area contributed by atoms with Gasteiger partial charge in [0, 0.05) is 35.4 Å². The van der Waals surface area contributed by atoms with E-state index in [-0.39, 0.29) is 5.91 Å². The lowest BCUT2D eigenvalue weighted by atomic mass is 10.1. The highest BCUT2D eigenvalue weighted by atomic mass is 127. The van der Waals surface area contributed by atoms with E-state index in [1.807, 2.05) is 53.8 Å². The Morgan fingerprint density at radius 3 is 2.39 bits per heavy atom. The molecule has 2 N–H and O–H groups in total. The predicted octanol–water partition coefficient (Wildman–Crippen LogP) is 2.80. The fourth-order valence-corrected chi connectivity index (χ4v) is 2.66. The van der Waals surface area contributed by atoms with E-state index in [0.29, 0.717) is 15.7 Å². The molecule has 1 amide bonds. The average molecular weight is 430 g/mol. The number of carbonyl (C=O) groups excluding carboxylic acids is 1. The number of hydrogen-bond donors (Lipinski definition) is 2. The number of rotatable bonds is 7. The molecule has 0 aromatic heterocycles. The third-order valence-electron chi connectivity index (χ3n) is 3.53. The van der Waals surface area contributed by atoms with Gasteiger partial charge in [0.25, 0.3) is 0 Å². The van der Waals surface area contributed by atoms with Crippen molar-refractivity contribution in [3.63, 3.8) is 0 Å². The lowest BCUT2D eigenvalue weighted by Crippen LogP contribution is -2.38. The molecule has 0 aliphatic carbocycles. The van der Waals surface area contributed by atoms with Gasteiger partial charge in [-0.2, -0.15) is 0 Å². The molecule has 0 bridgehead atoms. The van der Waals surface area contributed by atoms with Gasteiger partial charge in [0.05, 0.1) is 7.11 Å². The molecule has 1 aromatic rings. The molecule has 1 aromatic carbocycles. The molecule has 0 saturated carbocycles. The van der Waals surface area contributed by atoms with Gasteiger partial charge in [-0.3, -0.25) is 4.79 Å². The molecule has 6 heteroatoms. The molecule has 0 radical (unpaired) electrons. The standard InChI is InChI=1S/C17H23IN2O3/c1-11(18)16(17(22)20(4)13(3)21)12(2)19-10-14-6-8-15(23-5)9-7-14/h6-9,17,19,22H,1,10H2,2-5H3/b16-12-. The number of likely N-dealkylation sites (N-methyl/N-ethyl adjacent to an activating group) is 1. The van der Waals surface area contributed by atoms with Gasteiger partial charge in [0.2, 0.25) is 5.91 Å². The normalized spacial score (nSPS) is 13.0. The summed E-state index contributed by atoms with van der Waals surface area (Å²) < 4.78 is 5.82. The highest BCUT2D eigenvalue weighted by molar-refractivity contribution is 14.1. The number of carbonyl (C=O) groups is 1. The Morgan fingerprint density at radius 2 is 1.96 bits per heavy atom. The zero-order valence-electron chi connectivity index (χ0n) is 13.9. The van der Waals surface area contributed by atoms with Crippen molar-refractivity contribution < 1.29 is 14.6 Å². The summed E-state index contributed by atoms with van der Waals surface area (Å²) in [6.07, 6.45) is -1.03. The third kappa shape index (κ3) is 5.54. The first-order valence-corrected chi connectivity index (χ1v) is 8.19. The fraction of sp³-hybridized carbons (Fsp3) is 0.353. The van der Waals surface area contributed by atoms with Gasteiger partial charge >= 0.3 is 0 Å². The number of halogens is 1. The van der Waals surface area contributed by atoms with Gasteiger partial charge in [-0.15, -0.1) is 0 Å². The number of allylic oxidation sites excluding steroid dienone is 1. The number of hydrogen-bond acceptors (Lipinski definition) is 4. The number of methoxy groups -OCH3 is 1. The molecule has 1 unspecified atom stereocenters. The number of aliphatic hydroxyl groups is 1. The minimum absolute atomic E-state index is 0.212. The summed E-state index contributed by atoms with van der Waals surface area (Å²) in [5.41, 5.74) is 2.47. The van der Waals surface area contributed by atoms with Crippen LogP contribution in [0.15, 0.2) is 45.7 Å². The first-order chi connectivity index (χ1) is 10.8. The summed E-state index contributed by atoms with van der Waals surface area (Å²) in [6, 6.07) is 7.73. The highest BCUT2D eigenvalue weighted by Crippen LogP contribution is 2.24. The van der Waals surface area contributed by atoms with Gasteiger partial charge < -0.3 is 20.1 Å². The first-order valence-electron chi connectivity index (χ1n) is 7.11. The highest BCUT2D eigenvalue weighted by Gasteiger charge is 2.22. The molecule has 5 nitrogen and oxygen atoms in total. The Morgan fingerprint density at radius 1 is 1.39 bits per heavy atom. The monoisotopic (exact) mass is 430 g/mol. The van der Waals surface area contributed by atoms with Gasteiger partial charge in [0.15, 0.2) is 6.23 Å². The smallest absolute Gasteiger partial charge is 0.221 e. The van der Waals surface area contributed by atoms with Crippen LogP contribution < -0.4 is 10.1 Å². The van der Waals surface area contributed by atoms with Crippen LogP contribution in [0.25, 0.3) is 0 Å². The van der Waals surface area contributed by atoms with Gasteiger partial charge in [0.1, 0.15) is 5.75 Å². The summed E-state index contributed by atoms with van der Waals surface area (Å²) in [5.74, 6) is 0.594. The van der Waals surface area contributed by atoms with Crippen molar-refractivity contribution in [2.45, 2.75) is 26.6 Å². The van der Waals surface area contributed by atoms with E-state index < -0.39 is 6.23 Å². The van der Waals surface area contributed by atoms with Crippen LogP contribution in [0.3, 0.4) is 0 Å². The van der Waals surface area contributed by atoms with Crippen molar-refractivity contribution in [2.75, 3.05) is 14.2 Å². The molecular formula is C17H23IN2O3. The Kier molecular flexibility index (Phi) is 7.57. The number of aliphatic hydroxyl groups excluding tert-OH is 1. The lowest BCUT2D eigenvalue weighted by molar-refractivity contribution is -0.134. The molecule has 1 rings (SSSR count). The van der Waals surface area contributed by atoms with E-state index in [2.05, 4.69) is 11.9 Å². The number of benzene rings is 1. The number of nitrogens with zero attached hydrogens (tertiary/aromatic N) is 1. The van der Waals surface area contributed by atoms with Crippen molar-refractivity contribution in [3.05, 3.63) is 51.3 Å². The maximum atomic E-state index is 11.5. The fourth-order valence-electron chi connectivity index (χ4n) is 1.98. The molecule has 0 spiro atoms. The second kappa shape index (κ2) is 8.93. The minimum atomic E-state index is -1.03. The SMILES string of the molecule is C=C(I)/C(=C(\C)NCc1ccc(OC)cc1)C(O)N(C)C(C)=O. The number of nitrogens with one attached hydrogen (secondary N) is 1. The maximum Gasteiger partial charge on any atom is 0.221 e. The number of amides is 1. The Labute approximate surface area is 151 Å². The van der Waals surface area contributed by atoms with Crippen LogP contribution in [-0.4, -0.2) is 36.3 Å². The van der Waals surface area contributed by atoms with Crippen molar-refractivity contribution >= 4 is 28.5 Å². The Bertz CT molecular complexity index is 596. The Balaban J connectivity index is 2.89. The topological polar surface area (TPSA) is 61.8 Å². The summed E-state index contributed by atoms with van der Waals surface area (Å²) in [7, 11) is 3.19. The summed E-state index contributed by atoms with van der Waals surface area (Å²) in [4.78, 5) is 12.7. The van der Waals surface area contributed by atoms with E-state index in [1.165, 1.54) is 11.8 Å². The average Bonchev–Trinajstić information content (AvgIpc) is 2.52. The lowest BCUT2D eigenvalue weighted by Gasteiger charge is -2.26. The third-order valence-corrected chi connectivity index (χ3v) is 4.12. The molecule has 126 valence electrons. The summed E-state index contributed by atoms with van der Waals surface area (Å²) in [6.45, 7) is 7.76. The van der Waals surface area contributed by atoms with Crippen LogP contribution in [0, 0.1) is 0 Å². The predicted molar refractivity (Wildman–Crippen MR) is 100 cm³/mol. The van der Waals surface area contributed by atoms with E-state index in [1.54, 1.807) is 14.2 Å². The van der Waals surface area contributed by atoms with Crippen LogP contribution >= 0.6 is 22.6 Å². The largest absolute Gasteiger partial charge is 0.497 e. The van der Waals surface area contributed by atoms with Crippen molar-refractivity contribution in [2.24, 2.45) is 0 Å². The van der Waals surface area contributed by atoms with E-state index in [4.69, 9.17) is 4.74 Å². The van der Waals surface area contributed by atoms with Gasteiger partial charge in [-0.25, -0.2) is 0 Å². The second-order valence-corrected chi connectivity index (χ2v) is 6.45. The van der Waals surface area contributed by atoms with Crippen LogP contribution in [0.5, 0.6) is 5.75 Å². The first kappa shape index (κ1) is 19.5. The van der Waals surface area contributed by atoms with Crippen molar-refractivity contribution in [1.82, 2.24) is 10.2 Å². The van der Waals surface area contributed by atoms with Gasteiger partial charge in [-0.1, -0.05) is 18.7 Å². The zero-order valence-corrected chi connectivity index (χ0v) is 16.0. The van der Waals surface area contributed by atoms with Gasteiger partial charge in [-0.05, 0) is 47.2 Å². The minimum Gasteiger partial charge on any atom is -0.497 e. The summed E-state index contributed by atoms with van der Waals surface area (Å²) in [5, 5.41) is 13.6. The van der Waals surface area contributed by atoms with Crippen LogP contribution in [0.2, 0.25) is 0 Å². The molecule has 0 fully saturated rings. The quantitative estimate of drug-likeness (QED) is 0.397. The number of ether oxygens (including phenoxy) is 1.